The van der Waals surface area contributed by atoms with E-state index in [0.29, 0.717) is 18.5 Å². The van der Waals surface area contributed by atoms with E-state index in [-0.39, 0.29) is 6.03 Å². The first-order valence-electron chi connectivity index (χ1n) is 6.09. The second kappa shape index (κ2) is 5.68. The molecule has 4 N–H and O–H groups in total. The molecule has 1 aromatic carbocycles. The summed E-state index contributed by atoms with van der Waals surface area (Å²) in [6, 6.07) is 9.62. The van der Waals surface area contributed by atoms with E-state index in [1.54, 1.807) is 0 Å². The van der Waals surface area contributed by atoms with Crippen LogP contribution in [0.25, 0.3) is 0 Å². The van der Waals surface area contributed by atoms with Crippen molar-refractivity contribution in [1.82, 2.24) is 5.32 Å². The maximum absolute atomic E-state index is 11.6. The quantitative estimate of drug-likeness (QED) is 0.746. The van der Waals surface area contributed by atoms with Gasteiger partial charge in [-0.1, -0.05) is 18.2 Å². The predicted molar refractivity (Wildman–Crippen MR) is 68.8 cm³/mol. The fourth-order valence-electron chi connectivity index (χ4n) is 2.23. The number of carbonyl (C=O) groups is 1. The van der Waals surface area contributed by atoms with Crippen LogP contribution in [0, 0.1) is 5.92 Å². The van der Waals surface area contributed by atoms with Crippen molar-refractivity contribution in [3.8, 4) is 0 Å². The summed E-state index contributed by atoms with van der Waals surface area (Å²) in [5.74, 6) is 0.534. The molecule has 1 fully saturated rings. The largest absolute Gasteiger partial charge is 0.338 e. The monoisotopic (exact) mass is 233 g/mol. The number of para-hydroxylation sites is 1. The topological polar surface area (TPSA) is 67.1 Å². The summed E-state index contributed by atoms with van der Waals surface area (Å²) in [6.07, 6.45) is 3.21. The third-order valence-electron chi connectivity index (χ3n) is 3.16. The lowest BCUT2D eigenvalue weighted by Gasteiger charge is -2.11. The average molecular weight is 233 g/mol. The number of urea groups is 1. The molecule has 92 valence electrons. The summed E-state index contributed by atoms with van der Waals surface area (Å²) in [5, 5.41) is 5.68. The first kappa shape index (κ1) is 11.9. The molecule has 2 amide bonds. The van der Waals surface area contributed by atoms with E-state index in [2.05, 4.69) is 10.6 Å². The highest BCUT2D eigenvalue weighted by Gasteiger charge is 2.21. The van der Waals surface area contributed by atoms with Gasteiger partial charge in [0.15, 0.2) is 0 Å². The van der Waals surface area contributed by atoms with Crippen LogP contribution < -0.4 is 16.4 Å². The molecule has 0 saturated heterocycles. The number of nitrogens with two attached hydrogens (primary N) is 1. The van der Waals surface area contributed by atoms with Crippen LogP contribution in [0.3, 0.4) is 0 Å². The van der Waals surface area contributed by atoms with Gasteiger partial charge in [-0.3, -0.25) is 0 Å². The fraction of sp³-hybridized carbons (Fsp3) is 0.462. The van der Waals surface area contributed by atoms with Crippen molar-refractivity contribution in [1.29, 1.82) is 0 Å². The average Bonchev–Trinajstić information content (AvgIpc) is 2.74. The zero-order chi connectivity index (χ0) is 12.1. The van der Waals surface area contributed by atoms with Crippen LogP contribution in [0.4, 0.5) is 10.5 Å². The van der Waals surface area contributed by atoms with Crippen molar-refractivity contribution in [3.63, 3.8) is 0 Å². The Labute approximate surface area is 102 Å². The summed E-state index contributed by atoms with van der Waals surface area (Å²) in [4.78, 5) is 11.6. The van der Waals surface area contributed by atoms with E-state index in [0.717, 1.165) is 24.9 Å². The van der Waals surface area contributed by atoms with Crippen LogP contribution in [-0.2, 0) is 0 Å². The van der Waals surface area contributed by atoms with Crippen LogP contribution in [-0.4, -0.2) is 18.6 Å². The number of amides is 2. The summed E-state index contributed by atoms with van der Waals surface area (Å²) in [7, 11) is 0. The van der Waals surface area contributed by atoms with Gasteiger partial charge in [0.1, 0.15) is 0 Å². The second-order valence-corrected chi connectivity index (χ2v) is 4.64. The number of benzene rings is 1. The third kappa shape index (κ3) is 3.75. The van der Waals surface area contributed by atoms with Gasteiger partial charge in [0, 0.05) is 18.3 Å². The Kier molecular flexibility index (Phi) is 3.98. The molecule has 4 heteroatoms. The highest BCUT2D eigenvalue weighted by atomic mass is 16.2. The zero-order valence-corrected chi connectivity index (χ0v) is 9.86. The van der Waals surface area contributed by atoms with E-state index in [1.165, 1.54) is 0 Å². The van der Waals surface area contributed by atoms with Gasteiger partial charge in [-0.05, 0) is 37.3 Å². The first-order chi connectivity index (χ1) is 8.24. The van der Waals surface area contributed by atoms with E-state index in [4.69, 9.17) is 5.73 Å². The summed E-state index contributed by atoms with van der Waals surface area (Å²) >= 11 is 0. The molecule has 1 aliphatic rings. The first-order valence-corrected chi connectivity index (χ1v) is 6.09. The number of hydrogen-bond acceptors (Lipinski definition) is 2. The van der Waals surface area contributed by atoms with Gasteiger partial charge in [0.2, 0.25) is 0 Å². The van der Waals surface area contributed by atoms with E-state index in [9.17, 15) is 4.79 Å². The maximum atomic E-state index is 11.6. The second-order valence-electron chi connectivity index (χ2n) is 4.64. The molecule has 1 aromatic rings. The van der Waals surface area contributed by atoms with E-state index < -0.39 is 0 Å². The highest BCUT2D eigenvalue weighted by Crippen LogP contribution is 2.23. The Morgan fingerprint density at radius 1 is 1.29 bits per heavy atom. The number of carbonyl (C=O) groups excluding carboxylic acids is 1. The Balaban J connectivity index is 1.71. The Hall–Kier alpha value is -1.55. The van der Waals surface area contributed by atoms with Crippen molar-refractivity contribution < 1.29 is 4.79 Å². The number of anilines is 1. The van der Waals surface area contributed by atoms with Crippen molar-refractivity contribution >= 4 is 11.7 Å². The molecule has 0 aliphatic heterocycles. The van der Waals surface area contributed by atoms with Gasteiger partial charge in [0.25, 0.3) is 0 Å². The Morgan fingerprint density at radius 3 is 2.71 bits per heavy atom. The molecule has 0 heterocycles. The molecule has 0 aromatic heterocycles. The lowest BCUT2D eigenvalue weighted by atomic mass is 10.1. The normalized spacial score (nSPS) is 23.4. The molecular formula is C13H19N3O. The highest BCUT2D eigenvalue weighted by molar-refractivity contribution is 5.89. The van der Waals surface area contributed by atoms with Crippen LogP contribution >= 0.6 is 0 Å². The van der Waals surface area contributed by atoms with Gasteiger partial charge < -0.3 is 16.4 Å². The Morgan fingerprint density at radius 2 is 2.06 bits per heavy atom. The summed E-state index contributed by atoms with van der Waals surface area (Å²) < 4.78 is 0. The molecule has 1 aliphatic carbocycles. The fourth-order valence-corrected chi connectivity index (χ4v) is 2.23. The zero-order valence-electron chi connectivity index (χ0n) is 9.86. The van der Waals surface area contributed by atoms with Gasteiger partial charge in [-0.15, -0.1) is 0 Å². The van der Waals surface area contributed by atoms with Crippen LogP contribution in [0.1, 0.15) is 19.3 Å². The molecule has 0 spiro atoms. The minimum atomic E-state index is -0.142. The molecule has 1 saturated carbocycles. The van der Waals surface area contributed by atoms with Crippen LogP contribution in [0.2, 0.25) is 0 Å². The number of hydrogen-bond donors (Lipinski definition) is 3. The number of rotatable bonds is 3. The predicted octanol–water partition coefficient (Wildman–Crippen LogP) is 1.94. The molecular weight excluding hydrogens is 214 g/mol. The molecule has 0 unspecified atom stereocenters. The summed E-state index contributed by atoms with van der Waals surface area (Å²) in [5.41, 5.74) is 6.64. The van der Waals surface area contributed by atoms with Gasteiger partial charge >= 0.3 is 6.03 Å². The summed E-state index contributed by atoms with van der Waals surface area (Å²) in [6.45, 7) is 0.715. The van der Waals surface area contributed by atoms with Gasteiger partial charge in [-0.25, -0.2) is 4.79 Å². The van der Waals surface area contributed by atoms with Crippen molar-refractivity contribution in [3.05, 3.63) is 30.3 Å². The minimum Gasteiger partial charge on any atom is -0.338 e. The Bertz CT molecular complexity index is 366. The van der Waals surface area contributed by atoms with Crippen LogP contribution in [0.5, 0.6) is 0 Å². The minimum absolute atomic E-state index is 0.142. The maximum Gasteiger partial charge on any atom is 0.319 e. The van der Waals surface area contributed by atoms with Crippen molar-refractivity contribution in [2.75, 3.05) is 11.9 Å². The standard InChI is InChI=1S/C13H19N3O/c14-11-7-6-10(8-11)9-15-13(17)16-12-4-2-1-3-5-12/h1-5,10-11H,6-9,14H2,(H2,15,16,17)/t10-,11+/m0/s1. The smallest absolute Gasteiger partial charge is 0.319 e. The molecule has 4 nitrogen and oxygen atoms in total. The lowest BCUT2D eigenvalue weighted by molar-refractivity contribution is 0.250. The molecule has 0 radical (unpaired) electrons. The molecule has 2 atom stereocenters. The lowest BCUT2D eigenvalue weighted by Crippen LogP contribution is -2.32. The van der Waals surface area contributed by atoms with Crippen molar-refractivity contribution in [2.45, 2.75) is 25.3 Å². The van der Waals surface area contributed by atoms with Gasteiger partial charge in [-0.2, -0.15) is 0 Å². The molecule has 0 bridgehead atoms. The van der Waals surface area contributed by atoms with Gasteiger partial charge in [0.05, 0.1) is 0 Å². The van der Waals surface area contributed by atoms with Crippen LogP contribution in [0.15, 0.2) is 30.3 Å². The van der Waals surface area contributed by atoms with Crippen molar-refractivity contribution in [2.24, 2.45) is 11.7 Å². The van der Waals surface area contributed by atoms with E-state index >= 15 is 0 Å². The molecule has 2 rings (SSSR count). The number of nitrogens with one attached hydrogen (secondary N) is 2. The molecule has 17 heavy (non-hydrogen) atoms. The van der Waals surface area contributed by atoms with E-state index in [1.807, 2.05) is 30.3 Å². The third-order valence-corrected chi connectivity index (χ3v) is 3.16. The SMILES string of the molecule is N[C@@H]1CC[C@H](CNC(=O)Nc2ccccc2)C1.